The molecule has 106 valence electrons. The molecule has 3 nitrogen and oxygen atoms in total. The molecular weight excluding hydrogens is 257 g/mol. The summed E-state index contributed by atoms with van der Waals surface area (Å²) in [5, 5.41) is 12.0. The molecule has 2 N–H and O–H groups in total. The minimum absolute atomic E-state index is 0.322. The molecule has 0 radical (unpaired) electrons. The molecule has 2 rings (SSSR count). The number of aliphatic hydroxyl groups is 1. The van der Waals surface area contributed by atoms with Crippen molar-refractivity contribution in [2.45, 2.75) is 12.0 Å². The number of rotatable bonds is 4. The first-order valence-corrected chi connectivity index (χ1v) is 6.23. The van der Waals surface area contributed by atoms with E-state index in [-0.39, 0.29) is 0 Å². The number of hydrogen-bond donors (Lipinski definition) is 2. The van der Waals surface area contributed by atoms with Crippen molar-refractivity contribution in [3.8, 4) is 0 Å². The molecular formula is C13H17F3N2O. The maximum Gasteiger partial charge on any atom is 0.289 e. The lowest BCUT2D eigenvalue weighted by atomic mass is 9.98. The Kier molecular flexibility index (Phi) is 4.44. The average molecular weight is 274 g/mol. The van der Waals surface area contributed by atoms with Crippen molar-refractivity contribution in [2.24, 2.45) is 0 Å². The Balaban J connectivity index is 2.30. The highest BCUT2D eigenvalue weighted by molar-refractivity contribution is 5.22. The van der Waals surface area contributed by atoms with Gasteiger partial charge in [0.05, 0.1) is 0 Å². The Bertz CT molecular complexity index is 405. The number of alkyl halides is 2. The van der Waals surface area contributed by atoms with E-state index in [1.165, 1.54) is 12.1 Å². The van der Waals surface area contributed by atoms with Gasteiger partial charge in [0.25, 0.3) is 5.92 Å². The van der Waals surface area contributed by atoms with Crippen LogP contribution in [0.2, 0.25) is 0 Å². The van der Waals surface area contributed by atoms with Gasteiger partial charge in [0, 0.05) is 26.2 Å². The third-order valence-corrected chi connectivity index (χ3v) is 3.31. The molecule has 0 spiro atoms. The van der Waals surface area contributed by atoms with E-state index in [2.05, 4.69) is 5.32 Å². The van der Waals surface area contributed by atoms with E-state index in [1.807, 2.05) is 0 Å². The molecule has 1 aromatic carbocycles. The predicted octanol–water partition coefficient (Wildman–Crippen LogP) is 1.40. The van der Waals surface area contributed by atoms with Gasteiger partial charge in [-0.25, -0.2) is 13.2 Å². The van der Waals surface area contributed by atoms with Crippen LogP contribution in [-0.4, -0.2) is 48.7 Å². The molecule has 1 aliphatic heterocycles. The fourth-order valence-electron chi connectivity index (χ4n) is 2.39. The summed E-state index contributed by atoms with van der Waals surface area (Å²) in [5.41, 5.74) is 0.322. The quantitative estimate of drug-likeness (QED) is 0.871. The zero-order valence-corrected chi connectivity index (χ0v) is 10.5. The number of piperazine rings is 1. The van der Waals surface area contributed by atoms with Crippen molar-refractivity contribution in [1.82, 2.24) is 10.2 Å². The van der Waals surface area contributed by atoms with Gasteiger partial charge in [-0.2, -0.15) is 0 Å². The van der Waals surface area contributed by atoms with Gasteiger partial charge >= 0.3 is 0 Å². The second-order valence-corrected chi connectivity index (χ2v) is 4.66. The van der Waals surface area contributed by atoms with Crippen molar-refractivity contribution in [2.75, 3.05) is 32.8 Å². The molecule has 1 heterocycles. The summed E-state index contributed by atoms with van der Waals surface area (Å²) in [5.74, 6) is -3.72. The number of benzene rings is 1. The SMILES string of the molecule is OCC(F)(F)[C@H](c1ccc(F)cc1)N1CCNCC1. The summed E-state index contributed by atoms with van der Waals surface area (Å²) >= 11 is 0. The highest BCUT2D eigenvalue weighted by atomic mass is 19.3. The molecule has 0 aliphatic carbocycles. The molecule has 0 amide bonds. The lowest BCUT2D eigenvalue weighted by molar-refractivity contribution is -0.118. The van der Waals surface area contributed by atoms with Crippen molar-refractivity contribution < 1.29 is 18.3 Å². The van der Waals surface area contributed by atoms with E-state index in [0.717, 1.165) is 12.1 Å². The molecule has 6 heteroatoms. The van der Waals surface area contributed by atoms with Gasteiger partial charge in [-0.15, -0.1) is 0 Å². The van der Waals surface area contributed by atoms with Crippen LogP contribution in [0.5, 0.6) is 0 Å². The molecule has 0 unspecified atom stereocenters. The van der Waals surface area contributed by atoms with E-state index in [4.69, 9.17) is 5.11 Å². The monoisotopic (exact) mass is 274 g/mol. The van der Waals surface area contributed by atoms with Crippen LogP contribution in [0.3, 0.4) is 0 Å². The fraction of sp³-hybridized carbons (Fsp3) is 0.538. The maximum atomic E-state index is 14.0. The summed E-state index contributed by atoms with van der Waals surface area (Å²) in [6.45, 7) is 0.965. The lowest BCUT2D eigenvalue weighted by Crippen LogP contribution is -2.51. The van der Waals surface area contributed by atoms with Gasteiger partial charge in [-0.3, -0.25) is 4.90 Å². The van der Waals surface area contributed by atoms with Gasteiger partial charge in [-0.1, -0.05) is 12.1 Å². The Labute approximate surface area is 110 Å². The van der Waals surface area contributed by atoms with Crippen LogP contribution in [0.1, 0.15) is 11.6 Å². The Hall–Kier alpha value is -1.11. The molecule has 0 aromatic heterocycles. The first-order chi connectivity index (χ1) is 9.04. The summed E-state index contributed by atoms with van der Waals surface area (Å²) in [6.07, 6.45) is 0. The normalized spacial score (nSPS) is 19.4. The first kappa shape index (κ1) is 14.3. The van der Waals surface area contributed by atoms with Gasteiger partial charge in [0.2, 0.25) is 0 Å². The largest absolute Gasteiger partial charge is 0.390 e. The van der Waals surface area contributed by atoms with Crippen LogP contribution in [0.15, 0.2) is 24.3 Å². The van der Waals surface area contributed by atoms with Gasteiger partial charge in [0.1, 0.15) is 18.5 Å². The minimum atomic E-state index is -3.25. The van der Waals surface area contributed by atoms with Crippen LogP contribution < -0.4 is 5.32 Å². The zero-order chi connectivity index (χ0) is 13.9. The molecule has 1 saturated heterocycles. The average Bonchev–Trinajstić information content (AvgIpc) is 2.42. The Morgan fingerprint density at radius 3 is 2.32 bits per heavy atom. The summed E-state index contributed by atoms with van der Waals surface area (Å²) in [7, 11) is 0. The number of halogens is 3. The molecule has 1 aliphatic rings. The van der Waals surface area contributed by atoms with Crippen LogP contribution in [0.4, 0.5) is 13.2 Å². The van der Waals surface area contributed by atoms with Crippen LogP contribution in [-0.2, 0) is 0 Å². The van der Waals surface area contributed by atoms with E-state index in [0.29, 0.717) is 31.7 Å². The van der Waals surface area contributed by atoms with E-state index in [9.17, 15) is 13.2 Å². The molecule has 19 heavy (non-hydrogen) atoms. The smallest absolute Gasteiger partial charge is 0.289 e. The van der Waals surface area contributed by atoms with Crippen molar-refractivity contribution in [1.29, 1.82) is 0 Å². The van der Waals surface area contributed by atoms with Crippen LogP contribution >= 0.6 is 0 Å². The summed E-state index contributed by atoms with van der Waals surface area (Å²) < 4.78 is 40.9. The van der Waals surface area contributed by atoms with E-state index in [1.54, 1.807) is 4.90 Å². The topological polar surface area (TPSA) is 35.5 Å². The van der Waals surface area contributed by atoms with Crippen LogP contribution in [0, 0.1) is 5.82 Å². The molecule has 1 fully saturated rings. The van der Waals surface area contributed by atoms with E-state index >= 15 is 0 Å². The van der Waals surface area contributed by atoms with Crippen molar-refractivity contribution in [3.63, 3.8) is 0 Å². The van der Waals surface area contributed by atoms with Gasteiger partial charge < -0.3 is 10.4 Å². The number of aliphatic hydroxyl groups excluding tert-OH is 1. The number of nitrogens with one attached hydrogen (secondary N) is 1. The van der Waals surface area contributed by atoms with Crippen molar-refractivity contribution >= 4 is 0 Å². The lowest BCUT2D eigenvalue weighted by Gasteiger charge is -2.38. The molecule has 0 saturated carbocycles. The second kappa shape index (κ2) is 5.90. The summed E-state index contributed by atoms with van der Waals surface area (Å²) in [6, 6.07) is 3.81. The number of hydrogen-bond acceptors (Lipinski definition) is 3. The number of nitrogens with zero attached hydrogens (tertiary/aromatic N) is 1. The third kappa shape index (κ3) is 3.26. The summed E-state index contributed by atoms with van der Waals surface area (Å²) in [4.78, 5) is 1.62. The highest BCUT2D eigenvalue weighted by Gasteiger charge is 2.43. The predicted molar refractivity (Wildman–Crippen MR) is 65.6 cm³/mol. The van der Waals surface area contributed by atoms with Gasteiger partial charge in [0.15, 0.2) is 0 Å². The second-order valence-electron chi connectivity index (χ2n) is 4.66. The minimum Gasteiger partial charge on any atom is -0.390 e. The van der Waals surface area contributed by atoms with E-state index < -0.39 is 24.4 Å². The maximum absolute atomic E-state index is 14.0. The third-order valence-electron chi connectivity index (χ3n) is 3.31. The fourth-order valence-corrected chi connectivity index (χ4v) is 2.39. The first-order valence-electron chi connectivity index (χ1n) is 6.23. The molecule has 1 aromatic rings. The molecule has 1 atom stereocenters. The highest BCUT2D eigenvalue weighted by Crippen LogP contribution is 2.36. The molecule has 0 bridgehead atoms. The zero-order valence-electron chi connectivity index (χ0n) is 10.5. The Morgan fingerprint density at radius 1 is 1.21 bits per heavy atom. The standard InChI is InChI=1S/C13H17F3N2O/c14-11-3-1-10(2-4-11)12(13(15,16)9-19)18-7-5-17-6-8-18/h1-4,12,17,19H,5-9H2/t12-/m0/s1. The Morgan fingerprint density at radius 2 is 1.79 bits per heavy atom. The van der Waals surface area contributed by atoms with Gasteiger partial charge in [-0.05, 0) is 17.7 Å². The van der Waals surface area contributed by atoms with Crippen LogP contribution in [0.25, 0.3) is 0 Å². The van der Waals surface area contributed by atoms with Crippen molar-refractivity contribution in [3.05, 3.63) is 35.6 Å².